The van der Waals surface area contributed by atoms with Crippen LogP contribution >= 0.6 is 0 Å². The Bertz CT molecular complexity index is 1120. The van der Waals surface area contributed by atoms with Crippen molar-refractivity contribution < 1.29 is 4.79 Å². The molecule has 2 aromatic heterocycles. The summed E-state index contributed by atoms with van der Waals surface area (Å²) in [6.45, 7) is 1.00. The van der Waals surface area contributed by atoms with Crippen LogP contribution in [0.15, 0.2) is 91.5 Å². The number of pyridine rings is 1. The predicted molar refractivity (Wildman–Crippen MR) is 122 cm³/mol. The average Bonchev–Trinajstić information content (AvgIpc) is 3.23. The Morgan fingerprint density at radius 2 is 1.74 bits per heavy atom. The van der Waals surface area contributed by atoms with Gasteiger partial charge in [-0.15, -0.1) is 0 Å². The van der Waals surface area contributed by atoms with Gasteiger partial charge in [-0.25, -0.2) is 4.98 Å². The van der Waals surface area contributed by atoms with Crippen molar-refractivity contribution in [2.24, 2.45) is 7.05 Å². The number of amides is 1. The molecule has 31 heavy (non-hydrogen) atoms. The number of rotatable bonds is 8. The Kier molecular flexibility index (Phi) is 6.53. The quantitative estimate of drug-likeness (QED) is 0.425. The summed E-state index contributed by atoms with van der Waals surface area (Å²) in [5.41, 5.74) is 4.49. The lowest BCUT2D eigenvalue weighted by Gasteiger charge is -2.24. The van der Waals surface area contributed by atoms with Gasteiger partial charge in [0, 0.05) is 44.8 Å². The summed E-state index contributed by atoms with van der Waals surface area (Å²) in [4.78, 5) is 23.8. The van der Waals surface area contributed by atoms with E-state index in [0.29, 0.717) is 25.9 Å². The Morgan fingerprint density at radius 1 is 0.935 bits per heavy atom. The van der Waals surface area contributed by atoms with E-state index in [9.17, 15) is 4.79 Å². The van der Waals surface area contributed by atoms with Crippen LogP contribution < -0.4 is 0 Å². The topological polar surface area (TPSA) is 51.0 Å². The molecule has 0 bridgehead atoms. The van der Waals surface area contributed by atoms with Gasteiger partial charge in [-0.2, -0.15) is 0 Å². The van der Waals surface area contributed by atoms with Crippen LogP contribution in [-0.4, -0.2) is 25.3 Å². The zero-order valence-electron chi connectivity index (χ0n) is 17.7. The lowest BCUT2D eigenvalue weighted by molar-refractivity contribution is -0.132. The Hall–Kier alpha value is -3.73. The van der Waals surface area contributed by atoms with Gasteiger partial charge in [-0.05, 0) is 34.7 Å². The fraction of sp³-hybridized carbons (Fsp3) is 0.192. The number of imidazole rings is 1. The van der Waals surface area contributed by atoms with E-state index in [4.69, 9.17) is 0 Å². The van der Waals surface area contributed by atoms with Crippen LogP contribution in [0.5, 0.6) is 0 Å². The third kappa shape index (κ3) is 5.25. The molecule has 0 aliphatic carbocycles. The first-order valence-corrected chi connectivity index (χ1v) is 10.5. The standard InChI is InChI=1S/C26H26N4O/c1-29-17-16-28-25(29)20-30(26(31)14-13-21-8-7-15-27-18-21)19-23-11-5-6-12-24(23)22-9-3-2-4-10-22/h2-12,15-18H,13-14,19-20H2,1H3. The number of aryl methyl sites for hydroxylation is 2. The Labute approximate surface area is 183 Å². The SMILES string of the molecule is Cn1ccnc1CN(Cc1ccccc1-c1ccccc1)C(=O)CCc1cccnc1. The molecular formula is C26H26N4O. The van der Waals surface area contributed by atoms with E-state index < -0.39 is 0 Å². The van der Waals surface area contributed by atoms with Gasteiger partial charge in [0.1, 0.15) is 5.82 Å². The first kappa shape index (κ1) is 20.5. The van der Waals surface area contributed by atoms with Crippen molar-refractivity contribution >= 4 is 5.91 Å². The second kappa shape index (κ2) is 9.85. The summed E-state index contributed by atoms with van der Waals surface area (Å²) in [6, 6.07) is 22.5. The molecule has 0 N–H and O–H groups in total. The van der Waals surface area contributed by atoms with E-state index in [1.54, 1.807) is 12.4 Å². The number of nitrogens with zero attached hydrogens (tertiary/aromatic N) is 4. The molecule has 0 aliphatic rings. The lowest BCUT2D eigenvalue weighted by atomic mass is 9.99. The van der Waals surface area contributed by atoms with Gasteiger partial charge in [0.05, 0.1) is 6.54 Å². The van der Waals surface area contributed by atoms with Crippen LogP contribution in [0.3, 0.4) is 0 Å². The van der Waals surface area contributed by atoms with E-state index in [0.717, 1.165) is 28.1 Å². The van der Waals surface area contributed by atoms with E-state index in [-0.39, 0.29) is 5.91 Å². The molecule has 0 aliphatic heterocycles. The van der Waals surface area contributed by atoms with Crippen molar-refractivity contribution in [3.8, 4) is 11.1 Å². The first-order chi connectivity index (χ1) is 15.2. The van der Waals surface area contributed by atoms with Gasteiger partial charge in [0.25, 0.3) is 0 Å². The smallest absolute Gasteiger partial charge is 0.223 e. The van der Waals surface area contributed by atoms with E-state index in [1.165, 1.54) is 0 Å². The van der Waals surface area contributed by atoms with Crippen LogP contribution in [-0.2, 0) is 31.4 Å². The fourth-order valence-corrected chi connectivity index (χ4v) is 3.67. The summed E-state index contributed by atoms with van der Waals surface area (Å²) >= 11 is 0. The highest BCUT2D eigenvalue weighted by Crippen LogP contribution is 2.25. The zero-order chi connectivity index (χ0) is 21.5. The van der Waals surface area contributed by atoms with Crippen LogP contribution in [0.25, 0.3) is 11.1 Å². The van der Waals surface area contributed by atoms with Crippen molar-refractivity contribution in [1.29, 1.82) is 0 Å². The highest BCUT2D eigenvalue weighted by molar-refractivity contribution is 5.77. The summed E-state index contributed by atoms with van der Waals surface area (Å²) in [6.07, 6.45) is 8.35. The van der Waals surface area contributed by atoms with E-state index >= 15 is 0 Å². The second-order valence-electron chi connectivity index (χ2n) is 7.59. The molecule has 5 nitrogen and oxygen atoms in total. The molecular weight excluding hydrogens is 384 g/mol. The summed E-state index contributed by atoms with van der Waals surface area (Å²) in [5.74, 6) is 0.974. The third-order valence-corrected chi connectivity index (χ3v) is 5.42. The van der Waals surface area contributed by atoms with Crippen molar-refractivity contribution in [3.05, 3.63) is 108 Å². The molecule has 0 saturated carbocycles. The van der Waals surface area contributed by atoms with Crippen molar-refractivity contribution in [2.45, 2.75) is 25.9 Å². The maximum atomic E-state index is 13.3. The highest BCUT2D eigenvalue weighted by Gasteiger charge is 2.18. The molecule has 2 aromatic carbocycles. The Balaban J connectivity index is 1.58. The molecule has 4 rings (SSSR count). The van der Waals surface area contributed by atoms with Gasteiger partial charge in [-0.3, -0.25) is 9.78 Å². The van der Waals surface area contributed by atoms with E-state index in [1.807, 2.05) is 71.4 Å². The number of carbonyl (C=O) groups is 1. The first-order valence-electron chi connectivity index (χ1n) is 10.5. The van der Waals surface area contributed by atoms with Crippen LogP contribution in [0, 0.1) is 0 Å². The predicted octanol–water partition coefficient (Wildman–Crippen LogP) is 4.64. The minimum atomic E-state index is 0.106. The summed E-state index contributed by atoms with van der Waals surface area (Å²) in [5, 5.41) is 0. The molecule has 5 heteroatoms. The summed E-state index contributed by atoms with van der Waals surface area (Å²) in [7, 11) is 1.96. The lowest BCUT2D eigenvalue weighted by Crippen LogP contribution is -2.31. The van der Waals surface area contributed by atoms with Crippen LogP contribution in [0.4, 0.5) is 0 Å². The molecule has 0 saturated heterocycles. The van der Waals surface area contributed by atoms with Crippen molar-refractivity contribution in [2.75, 3.05) is 0 Å². The van der Waals surface area contributed by atoms with E-state index in [2.05, 4.69) is 34.2 Å². The molecule has 0 unspecified atom stereocenters. The number of hydrogen-bond acceptors (Lipinski definition) is 3. The second-order valence-corrected chi connectivity index (χ2v) is 7.59. The average molecular weight is 411 g/mol. The van der Waals surface area contributed by atoms with Gasteiger partial charge in [0.15, 0.2) is 0 Å². The van der Waals surface area contributed by atoms with Gasteiger partial charge < -0.3 is 9.47 Å². The molecule has 2 heterocycles. The number of hydrogen-bond donors (Lipinski definition) is 0. The van der Waals surface area contributed by atoms with Crippen LogP contribution in [0.1, 0.15) is 23.4 Å². The minimum absolute atomic E-state index is 0.106. The van der Waals surface area contributed by atoms with Gasteiger partial charge in [-0.1, -0.05) is 60.7 Å². The molecule has 0 atom stereocenters. The maximum Gasteiger partial charge on any atom is 0.223 e. The molecule has 1 amide bonds. The maximum absolute atomic E-state index is 13.3. The number of carbonyl (C=O) groups excluding carboxylic acids is 1. The Morgan fingerprint density at radius 3 is 2.48 bits per heavy atom. The van der Waals surface area contributed by atoms with Crippen molar-refractivity contribution in [3.63, 3.8) is 0 Å². The zero-order valence-corrected chi connectivity index (χ0v) is 17.7. The molecule has 156 valence electrons. The van der Waals surface area contributed by atoms with Crippen molar-refractivity contribution in [1.82, 2.24) is 19.4 Å². The third-order valence-electron chi connectivity index (χ3n) is 5.42. The molecule has 0 fully saturated rings. The fourth-order valence-electron chi connectivity index (χ4n) is 3.67. The highest BCUT2D eigenvalue weighted by atomic mass is 16.2. The minimum Gasteiger partial charge on any atom is -0.337 e. The monoisotopic (exact) mass is 410 g/mol. The number of benzene rings is 2. The number of aromatic nitrogens is 3. The molecule has 4 aromatic rings. The van der Waals surface area contributed by atoms with Crippen LogP contribution in [0.2, 0.25) is 0 Å². The largest absolute Gasteiger partial charge is 0.337 e. The molecule has 0 radical (unpaired) electrons. The van der Waals surface area contributed by atoms with Gasteiger partial charge >= 0.3 is 0 Å². The molecule has 0 spiro atoms. The summed E-state index contributed by atoms with van der Waals surface area (Å²) < 4.78 is 1.96. The normalized spacial score (nSPS) is 10.7. The van der Waals surface area contributed by atoms with Gasteiger partial charge in [0.2, 0.25) is 5.91 Å².